The molecule has 1 N–H and O–H groups in total. The summed E-state index contributed by atoms with van der Waals surface area (Å²) in [6.45, 7) is 1.43. The summed E-state index contributed by atoms with van der Waals surface area (Å²) in [4.78, 5) is 2.11. The molecule has 1 unspecified atom stereocenters. The Morgan fingerprint density at radius 3 is 2.72 bits per heavy atom. The van der Waals surface area contributed by atoms with Crippen LogP contribution in [0, 0.1) is 0 Å². The molecular weight excluding hydrogens is 252 g/mol. The van der Waals surface area contributed by atoms with E-state index in [0.29, 0.717) is 11.8 Å². The van der Waals surface area contributed by atoms with Gasteiger partial charge in [-0.15, -0.1) is 0 Å². The summed E-state index contributed by atoms with van der Waals surface area (Å²) >= 11 is 5.72. The molecule has 1 atom stereocenters. The van der Waals surface area contributed by atoms with Crippen LogP contribution in [0.4, 0.5) is 0 Å². The molecule has 4 nitrogen and oxygen atoms in total. The minimum absolute atomic E-state index is 0.199. The first-order valence-electron chi connectivity index (χ1n) is 5.81. The Kier molecular flexibility index (Phi) is 4.47. The fourth-order valence-corrected chi connectivity index (χ4v) is 1.96. The van der Waals surface area contributed by atoms with E-state index in [2.05, 4.69) is 10.2 Å². The van der Waals surface area contributed by atoms with Crippen LogP contribution in [0.5, 0.6) is 0 Å². The average molecular weight is 269 g/mol. The van der Waals surface area contributed by atoms with Crippen LogP contribution in [-0.4, -0.2) is 25.5 Å². The first kappa shape index (κ1) is 13.2. The largest absolute Gasteiger partial charge is 0.468 e. The summed E-state index contributed by atoms with van der Waals surface area (Å²) in [5.74, 6) is 1.78. The zero-order chi connectivity index (χ0) is 13.0. The topological polar surface area (TPSA) is 41.5 Å². The molecule has 2 aromatic heterocycles. The number of furan rings is 2. The Morgan fingerprint density at radius 1 is 1.33 bits per heavy atom. The highest BCUT2D eigenvalue weighted by atomic mass is 35.5. The molecular formula is C13H17ClN2O2. The smallest absolute Gasteiger partial charge is 0.193 e. The van der Waals surface area contributed by atoms with E-state index in [1.54, 1.807) is 12.3 Å². The monoisotopic (exact) mass is 268 g/mol. The predicted molar refractivity (Wildman–Crippen MR) is 70.6 cm³/mol. The van der Waals surface area contributed by atoms with Gasteiger partial charge >= 0.3 is 0 Å². The summed E-state index contributed by atoms with van der Waals surface area (Å²) in [5.41, 5.74) is 0. The van der Waals surface area contributed by atoms with Gasteiger partial charge < -0.3 is 14.2 Å². The second-order valence-electron chi connectivity index (χ2n) is 4.33. The first-order chi connectivity index (χ1) is 8.66. The van der Waals surface area contributed by atoms with Crippen molar-refractivity contribution < 1.29 is 8.83 Å². The molecule has 98 valence electrons. The fourth-order valence-electron chi connectivity index (χ4n) is 1.80. The van der Waals surface area contributed by atoms with Gasteiger partial charge in [-0.1, -0.05) is 0 Å². The van der Waals surface area contributed by atoms with Gasteiger partial charge in [-0.25, -0.2) is 0 Å². The number of hydrogen-bond donors (Lipinski definition) is 1. The zero-order valence-electron chi connectivity index (χ0n) is 10.5. The van der Waals surface area contributed by atoms with E-state index in [1.807, 2.05) is 32.3 Å². The molecule has 5 heteroatoms. The number of nitrogens with one attached hydrogen (secondary N) is 1. The van der Waals surface area contributed by atoms with E-state index < -0.39 is 0 Å². The fraction of sp³-hybridized carbons (Fsp3) is 0.385. The van der Waals surface area contributed by atoms with Crippen molar-refractivity contribution in [2.24, 2.45) is 0 Å². The molecule has 0 aliphatic heterocycles. The molecule has 0 radical (unpaired) electrons. The molecule has 2 rings (SSSR count). The standard InChI is InChI=1S/C13H17ClN2O2/c1-16(2)11(12-4-3-7-17-12)9-15-8-10-5-6-13(14)18-10/h3-7,11,15H,8-9H2,1-2H3. The molecule has 0 aromatic carbocycles. The molecule has 0 bridgehead atoms. The SMILES string of the molecule is CN(C)C(CNCc1ccc(Cl)o1)c1ccco1. The van der Waals surface area contributed by atoms with Gasteiger partial charge in [0.1, 0.15) is 11.5 Å². The third kappa shape index (κ3) is 3.38. The summed E-state index contributed by atoms with van der Waals surface area (Å²) in [6.07, 6.45) is 1.69. The minimum atomic E-state index is 0.199. The first-order valence-corrected chi connectivity index (χ1v) is 6.19. The van der Waals surface area contributed by atoms with E-state index in [1.165, 1.54) is 0 Å². The van der Waals surface area contributed by atoms with Crippen molar-refractivity contribution in [2.45, 2.75) is 12.6 Å². The lowest BCUT2D eigenvalue weighted by molar-refractivity contribution is 0.248. The zero-order valence-corrected chi connectivity index (χ0v) is 11.3. The van der Waals surface area contributed by atoms with E-state index >= 15 is 0 Å². The molecule has 0 saturated carbocycles. The molecule has 2 heterocycles. The molecule has 0 amide bonds. The normalized spacial score (nSPS) is 13.1. The molecule has 0 aliphatic rings. The van der Waals surface area contributed by atoms with E-state index in [0.717, 1.165) is 18.1 Å². The van der Waals surface area contributed by atoms with Gasteiger partial charge in [0.2, 0.25) is 0 Å². The summed E-state index contributed by atoms with van der Waals surface area (Å²) < 4.78 is 10.7. The maximum Gasteiger partial charge on any atom is 0.193 e. The van der Waals surface area contributed by atoms with Crippen molar-refractivity contribution in [3.05, 3.63) is 47.3 Å². The quantitative estimate of drug-likeness (QED) is 0.875. The third-order valence-corrected chi connectivity index (χ3v) is 2.96. The Labute approximate surface area is 112 Å². The Hall–Kier alpha value is -1.23. The Bertz CT molecular complexity index is 465. The third-order valence-electron chi connectivity index (χ3n) is 2.76. The molecule has 2 aromatic rings. The number of halogens is 1. The molecule has 0 fully saturated rings. The lowest BCUT2D eigenvalue weighted by atomic mass is 10.2. The number of nitrogens with zero attached hydrogens (tertiary/aromatic N) is 1. The van der Waals surface area contributed by atoms with Crippen molar-refractivity contribution in [1.29, 1.82) is 0 Å². The van der Waals surface area contributed by atoms with Crippen LogP contribution in [0.1, 0.15) is 17.6 Å². The van der Waals surface area contributed by atoms with Crippen molar-refractivity contribution in [2.75, 3.05) is 20.6 Å². The summed E-state index contributed by atoms with van der Waals surface area (Å²) in [6, 6.07) is 7.70. The maximum absolute atomic E-state index is 5.72. The predicted octanol–water partition coefficient (Wildman–Crippen LogP) is 2.92. The summed E-state index contributed by atoms with van der Waals surface area (Å²) in [5, 5.41) is 3.75. The van der Waals surface area contributed by atoms with Gasteiger partial charge in [0.25, 0.3) is 0 Å². The van der Waals surface area contributed by atoms with Gasteiger partial charge in [0.05, 0.1) is 18.8 Å². The number of rotatable bonds is 6. The maximum atomic E-state index is 5.72. The lowest BCUT2D eigenvalue weighted by Crippen LogP contribution is -2.30. The molecule has 0 spiro atoms. The van der Waals surface area contributed by atoms with Gasteiger partial charge in [0, 0.05) is 6.54 Å². The Morgan fingerprint density at radius 2 is 2.17 bits per heavy atom. The highest BCUT2D eigenvalue weighted by molar-refractivity contribution is 6.28. The van der Waals surface area contributed by atoms with Crippen molar-refractivity contribution in [3.63, 3.8) is 0 Å². The van der Waals surface area contributed by atoms with Crippen molar-refractivity contribution in [1.82, 2.24) is 10.2 Å². The summed E-state index contributed by atoms with van der Waals surface area (Å²) in [7, 11) is 4.05. The number of hydrogen-bond acceptors (Lipinski definition) is 4. The van der Waals surface area contributed by atoms with E-state index in [9.17, 15) is 0 Å². The van der Waals surface area contributed by atoms with Crippen LogP contribution in [-0.2, 0) is 6.54 Å². The second kappa shape index (κ2) is 6.09. The van der Waals surface area contributed by atoms with Crippen LogP contribution in [0.15, 0.2) is 39.4 Å². The van der Waals surface area contributed by atoms with Crippen molar-refractivity contribution in [3.8, 4) is 0 Å². The van der Waals surface area contributed by atoms with Crippen LogP contribution in [0.25, 0.3) is 0 Å². The number of likely N-dealkylation sites (N-methyl/N-ethyl adjacent to an activating group) is 1. The van der Waals surface area contributed by atoms with Crippen LogP contribution < -0.4 is 5.32 Å². The van der Waals surface area contributed by atoms with Crippen molar-refractivity contribution >= 4 is 11.6 Å². The van der Waals surface area contributed by atoms with Crippen LogP contribution >= 0.6 is 11.6 Å². The van der Waals surface area contributed by atoms with E-state index in [-0.39, 0.29) is 6.04 Å². The average Bonchev–Trinajstić information content (AvgIpc) is 2.95. The highest BCUT2D eigenvalue weighted by Gasteiger charge is 2.16. The second-order valence-corrected chi connectivity index (χ2v) is 4.70. The minimum Gasteiger partial charge on any atom is -0.468 e. The van der Waals surface area contributed by atoms with Gasteiger partial charge in [-0.2, -0.15) is 0 Å². The molecule has 0 aliphatic carbocycles. The van der Waals surface area contributed by atoms with Gasteiger partial charge in [-0.05, 0) is 50.0 Å². The van der Waals surface area contributed by atoms with Gasteiger partial charge in [-0.3, -0.25) is 4.90 Å². The van der Waals surface area contributed by atoms with Gasteiger partial charge in [0.15, 0.2) is 5.22 Å². The highest BCUT2D eigenvalue weighted by Crippen LogP contribution is 2.18. The van der Waals surface area contributed by atoms with Crippen LogP contribution in [0.3, 0.4) is 0 Å². The van der Waals surface area contributed by atoms with E-state index in [4.69, 9.17) is 20.4 Å². The van der Waals surface area contributed by atoms with Crippen LogP contribution in [0.2, 0.25) is 5.22 Å². The molecule has 0 saturated heterocycles. The Balaban J connectivity index is 1.87. The lowest BCUT2D eigenvalue weighted by Gasteiger charge is -2.22. The molecule has 18 heavy (non-hydrogen) atoms.